The number of carbonyl (C=O) groups is 1. The molecule has 1 N–H and O–H groups in total. The molecule has 2 heterocycles. The van der Waals surface area contributed by atoms with Crippen molar-refractivity contribution in [1.82, 2.24) is 10.2 Å². The lowest BCUT2D eigenvalue weighted by atomic mass is 10.2. The Balaban J connectivity index is 0.00000128. The summed E-state index contributed by atoms with van der Waals surface area (Å²) >= 11 is 0. The van der Waals surface area contributed by atoms with Gasteiger partial charge in [0.1, 0.15) is 6.10 Å². The quantitative estimate of drug-likeness (QED) is 0.691. The van der Waals surface area contributed by atoms with Crippen molar-refractivity contribution < 1.29 is 14.3 Å². The smallest absolute Gasteiger partial charge is 0.253 e. The van der Waals surface area contributed by atoms with Crippen LogP contribution >= 0.6 is 12.4 Å². The van der Waals surface area contributed by atoms with Gasteiger partial charge in [0.2, 0.25) is 0 Å². The first-order chi connectivity index (χ1) is 7.38. The van der Waals surface area contributed by atoms with Crippen molar-refractivity contribution in [2.75, 3.05) is 46.0 Å². The van der Waals surface area contributed by atoms with Crippen LogP contribution in [-0.2, 0) is 14.3 Å². The zero-order valence-electron chi connectivity index (χ0n) is 9.31. The summed E-state index contributed by atoms with van der Waals surface area (Å²) in [6.07, 6.45) is 0.628. The van der Waals surface area contributed by atoms with Gasteiger partial charge in [0.05, 0.1) is 13.2 Å². The van der Waals surface area contributed by atoms with Gasteiger partial charge in [-0.2, -0.15) is 0 Å². The summed E-state index contributed by atoms with van der Waals surface area (Å²) < 4.78 is 10.8. The number of rotatable bonds is 1. The van der Waals surface area contributed by atoms with Crippen molar-refractivity contribution in [2.45, 2.75) is 12.5 Å². The first kappa shape index (κ1) is 13.7. The molecule has 0 spiro atoms. The molecule has 6 heteroatoms. The molecule has 2 fully saturated rings. The van der Waals surface area contributed by atoms with Crippen molar-refractivity contribution in [3.8, 4) is 0 Å². The third kappa shape index (κ3) is 3.59. The average Bonchev–Trinajstić information content (AvgIpc) is 2.58. The van der Waals surface area contributed by atoms with Gasteiger partial charge in [-0.25, -0.2) is 0 Å². The molecule has 0 radical (unpaired) electrons. The van der Waals surface area contributed by atoms with Gasteiger partial charge in [-0.15, -0.1) is 12.4 Å². The molecule has 1 atom stereocenters. The first-order valence-corrected chi connectivity index (χ1v) is 5.57. The molecular weight excluding hydrogens is 232 g/mol. The Morgan fingerprint density at radius 2 is 2.12 bits per heavy atom. The molecule has 0 bridgehead atoms. The van der Waals surface area contributed by atoms with E-state index in [0.717, 1.165) is 26.1 Å². The lowest BCUT2D eigenvalue weighted by Crippen LogP contribution is -2.50. The summed E-state index contributed by atoms with van der Waals surface area (Å²) in [5.74, 6) is 0.104. The van der Waals surface area contributed by atoms with E-state index in [1.165, 1.54) is 0 Å². The third-order valence-electron chi connectivity index (χ3n) is 2.74. The van der Waals surface area contributed by atoms with Gasteiger partial charge >= 0.3 is 0 Å². The van der Waals surface area contributed by atoms with E-state index in [1.807, 2.05) is 4.90 Å². The average molecular weight is 251 g/mol. The Morgan fingerprint density at radius 1 is 1.25 bits per heavy atom. The zero-order valence-corrected chi connectivity index (χ0v) is 10.1. The summed E-state index contributed by atoms with van der Waals surface area (Å²) in [6.45, 7) is 4.99. The van der Waals surface area contributed by atoms with Crippen molar-refractivity contribution in [2.24, 2.45) is 0 Å². The molecule has 0 aromatic carbocycles. The highest BCUT2D eigenvalue weighted by Gasteiger charge is 2.27. The van der Waals surface area contributed by atoms with E-state index in [-0.39, 0.29) is 24.4 Å². The molecule has 2 saturated heterocycles. The van der Waals surface area contributed by atoms with Gasteiger partial charge < -0.3 is 19.7 Å². The molecule has 5 nitrogen and oxygen atoms in total. The fourth-order valence-electron chi connectivity index (χ4n) is 1.89. The molecule has 16 heavy (non-hydrogen) atoms. The Morgan fingerprint density at radius 3 is 2.88 bits per heavy atom. The number of hydrogen-bond acceptors (Lipinski definition) is 4. The molecular formula is C10H19ClN2O3. The van der Waals surface area contributed by atoms with Crippen molar-refractivity contribution in [3.05, 3.63) is 0 Å². The van der Waals surface area contributed by atoms with E-state index >= 15 is 0 Å². The monoisotopic (exact) mass is 250 g/mol. The van der Waals surface area contributed by atoms with Crippen LogP contribution in [0.3, 0.4) is 0 Å². The maximum Gasteiger partial charge on any atom is 0.253 e. The van der Waals surface area contributed by atoms with Gasteiger partial charge in [0.25, 0.3) is 5.91 Å². The molecule has 0 aliphatic carbocycles. The maximum atomic E-state index is 12.0. The van der Waals surface area contributed by atoms with Gasteiger partial charge in [-0.1, -0.05) is 0 Å². The minimum atomic E-state index is -0.295. The lowest BCUT2D eigenvalue weighted by molar-refractivity contribution is -0.145. The van der Waals surface area contributed by atoms with Gasteiger partial charge in [0, 0.05) is 32.8 Å². The van der Waals surface area contributed by atoms with Crippen molar-refractivity contribution >= 4 is 18.3 Å². The summed E-state index contributed by atoms with van der Waals surface area (Å²) in [6, 6.07) is 0. The van der Waals surface area contributed by atoms with E-state index in [1.54, 1.807) is 0 Å². The van der Waals surface area contributed by atoms with Gasteiger partial charge in [-0.05, 0) is 6.42 Å². The van der Waals surface area contributed by atoms with Crippen LogP contribution in [0.2, 0.25) is 0 Å². The Bertz CT molecular complexity index is 214. The highest BCUT2D eigenvalue weighted by Crippen LogP contribution is 2.06. The van der Waals surface area contributed by atoms with Crippen LogP contribution in [0.4, 0.5) is 0 Å². The predicted molar refractivity (Wildman–Crippen MR) is 61.9 cm³/mol. The number of amides is 1. The Labute approximate surface area is 102 Å². The summed E-state index contributed by atoms with van der Waals surface area (Å²) in [7, 11) is 0. The minimum Gasteiger partial charge on any atom is -0.380 e. The maximum absolute atomic E-state index is 12.0. The van der Waals surface area contributed by atoms with Crippen LogP contribution in [-0.4, -0.2) is 62.9 Å². The number of hydrogen-bond donors (Lipinski definition) is 1. The van der Waals surface area contributed by atoms with Gasteiger partial charge in [0.15, 0.2) is 0 Å². The third-order valence-corrected chi connectivity index (χ3v) is 2.74. The van der Waals surface area contributed by atoms with Crippen LogP contribution in [0, 0.1) is 0 Å². The molecule has 0 aromatic rings. The molecule has 94 valence electrons. The second kappa shape index (κ2) is 7.06. The van der Waals surface area contributed by atoms with E-state index in [0.29, 0.717) is 26.3 Å². The van der Waals surface area contributed by atoms with Crippen LogP contribution in [0.25, 0.3) is 0 Å². The predicted octanol–water partition coefficient (Wildman–Crippen LogP) is -0.354. The fraction of sp³-hybridized carbons (Fsp3) is 0.900. The molecule has 2 aliphatic heterocycles. The zero-order chi connectivity index (χ0) is 10.5. The first-order valence-electron chi connectivity index (χ1n) is 5.57. The van der Waals surface area contributed by atoms with Crippen LogP contribution in [0.5, 0.6) is 0 Å². The number of carbonyl (C=O) groups excluding carboxylic acids is 1. The molecule has 2 aliphatic rings. The summed E-state index contributed by atoms with van der Waals surface area (Å²) in [5, 5.41) is 3.17. The normalized spacial score (nSPS) is 26.8. The minimum absolute atomic E-state index is 0. The van der Waals surface area contributed by atoms with Crippen LogP contribution < -0.4 is 5.32 Å². The topological polar surface area (TPSA) is 50.8 Å². The molecule has 0 unspecified atom stereocenters. The molecule has 0 saturated carbocycles. The number of halogens is 1. The van der Waals surface area contributed by atoms with Crippen LogP contribution in [0.15, 0.2) is 0 Å². The summed E-state index contributed by atoms with van der Waals surface area (Å²) in [4.78, 5) is 13.9. The Hall–Kier alpha value is -0.360. The molecule has 0 aromatic heterocycles. The molecule has 2 rings (SSSR count). The highest BCUT2D eigenvalue weighted by atomic mass is 35.5. The van der Waals surface area contributed by atoms with E-state index in [2.05, 4.69) is 5.32 Å². The van der Waals surface area contributed by atoms with Crippen molar-refractivity contribution in [3.63, 3.8) is 0 Å². The largest absolute Gasteiger partial charge is 0.380 e. The summed E-state index contributed by atoms with van der Waals surface area (Å²) in [5.41, 5.74) is 0. The second-order valence-corrected chi connectivity index (χ2v) is 3.85. The van der Waals surface area contributed by atoms with E-state index in [9.17, 15) is 4.79 Å². The number of nitrogens with one attached hydrogen (secondary N) is 1. The van der Waals surface area contributed by atoms with E-state index in [4.69, 9.17) is 9.47 Å². The number of ether oxygens (including phenoxy) is 2. The van der Waals surface area contributed by atoms with Gasteiger partial charge in [-0.3, -0.25) is 4.79 Å². The standard InChI is InChI=1S/C10H18N2O3.ClH/c13-10(9-8-11-2-6-15-9)12-3-1-5-14-7-4-12;/h9,11H,1-8H2;1H/t9-;/m1./s1. The highest BCUT2D eigenvalue weighted by molar-refractivity contribution is 5.85. The van der Waals surface area contributed by atoms with Crippen molar-refractivity contribution in [1.29, 1.82) is 0 Å². The molecule has 1 amide bonds. The second-order valence-electron chi connectivity index (χ2n) is 3.85. The fourth-order valence-corrected chi connectivity index (χ4v) is 1.89. The lowest BCUT2D eigenvalue weighted by Gasteiger charge is -2.28. The van der Waals surface area contributed by atoms with E-state index < -0.39 is 0 Å². The Kier molecular flexibility index (Phi) is 6.05. The SMILES string of the molecule is Cl.O=C([C@H]1CNCCO1)N1CCCOCC1. The number of nitrogens with zero attached hydrogens (tertiary/aromatic N) is 1. The van der Waals surface area contributed by atoms with Crippen LogP contribution in [0.1, 0.15) is 6.42 Å². The number of morpholine rings is 1.